The Hall–Kier alpha value is -0.340. The van der Waals surface area contributed by atoms with E-state index in [1.54, 1.807) is 0 Å². The van der Waals surface area contributed by atoms with Crippen LogP contribution in [0.25, 0.3) is 0 Å². The Labute approximate surface area is 111 Å². The first-order valence-corrected chi connectivity index (χ1v) is 7.36. The van der Waals surface area contributed by atoms with Gasteiger partial charge in [0.05, 0.1) is 0 Å². The predicted molar refractivity (Wildman–Crippen MR) is 72.8 cm³/mol. The Morgan fingerprint density at radius 3 is 2.53 bits per heavy atom. The molecule has 1 nitrogen and oxygen atoms in total. The van der Waals surface area contributed by atoms with Crippen molar-refractivity contribution in [2.45, 2.75) is 32.1 Å². The van der Waals surface area contributed by atoms with Gasteiger partial charge in [-0.15, -0.1) is 0 Å². The third-order valence-electron chi connectivity index (χ3n) is 4.89. The molecule has 0 aromatic heterocycles. The van der Waals surface area contributed by atoms with Gasteiger partial charge in [-0.25, -0.2) is 0 Å². The molecule has 0 saturated heterocycles. The van der Waals surface area contributed by atoms with E-state index < -0.39 is 0 Å². The van der Waals surface area contributed by atoms with Crippen molar-refractivity contribution >= 4 is 15.9 Å². The highest BCUT2D eigenvalue weighted by Gasteiger charge is 2.50. The average molecular weight is 295 g/mol. The molecule has 92 valence electrons. The Kier molecular flexibility index (Phi) is 3.04. The van der Waals surface area contributed by atoms with Crippen molar-refractivity contribution in [1.82, 2.24) is 0 Å². The van der Waals surface area contributed by atoms with Crippen LogP contribution < -0.4 is 0 Å². The summed E-state index contributed by atoms with van der Waals surface area (Å²) in [6.45, 7) is 0.365. The Morgan fingerprint density at radius 2 is 2.00 bits per heavy atom. The van der Waals surface area contributed by atoms with E-state index in [0.29, 0.717) is 6.61 Å². The van der Waals surface area contributed by atoms with Crippen molar-refractivity contribution < 1.29 is 5.11 Å². The molecular formula is C15H19BrO. The Morgan fingerprint density at radius 1 is 1.24 bits per heavy atom. The second-order valence-electron chi connectivity index (χ2n) is 5.90. The van der Waals surface area contributed by atoms with Crippen LogP contribution in [-0.2, 0) is 6.42 Å². The van der Waals surface area contributed by atoms with Gasteiger partial charge in [0.25, 0.3) is 0 Å². The van der Waals surface area contributed by atoms with Gasteiger partial charge in [0.15, 0.2) is 0 Å². The molecule has 3 atom stereocenters. The van der Waals surface area contributed by atoms with E-state index in [1.165, 1.54) is 31.2 Å². The number of fused-ring (bicyclic) bond motifs is 2. The fourth-order valence-electron chi connectivity index (χ4n) is 4.03. The molecule has 2 saturated carbocycles. The summed E-state index contributed by atoms with van der Waals surface area (Å²) in [5.74, 6) is 1.66. The van der Waals surface area contributed by atoms with Gasteiger partial charge >= 0.3 is 0 Å². The van der Waals surface area contributed by atoms with Gasteiger partial charge in [0, 0.05) is 16.5 Å². The monoisotopic (exact) mass is 294 g/mol. The molecule has 17 heavy (non-hydrogen) atoms. The fourth-order valence-corrected chi connectivity index (χ4v) is 4.30. The lowest BCUT2D eigenvalue weighted by atomic mass is 9.70. The van der Waals surface area contributed by atoms with E-state index in [0.717, 1.165) is 22.7 Å². The minimum absolute atomic E-state index is 0.191. The molecule has 2 bridgehead atoms. The summed E-state index contributed by atoms with van der Waals surface area (Å²) in [6.07, 6.45) is 6.38. The van der Waals surface area contributed by atoms with Crippen LogP contribution in [0.15, 0.2) is 28.7 Å². The highest BCUT2D eigenvalue weighted by molar-refractivity contribution is 9.10. The van der Waals surface area contributed by atoms with Crippen LogP contribution in [0, 0.1) is 17.3 Å². The van der Waals surface area contributed by atoms with Gasteiger partial charge in [-0.3, -0.25) is 0 Å². The van der Waals surface area contributed by atoms with Gasteiger partial charge in [-0.2, -0.15) is 0 Å². The predicted octanol–water partition coefficient (Wildman–Crippen LogP) is 3.79. The molecule has 2 aliphatic rings. The molecule has 1 aromatic rings. The molecule has 3 rings (SSSR count). The summed E-state index contributed by atoms with van der Waals surface area (Å²) in [6, 6.07) is 8.59. The van der Waals surface area contributed by atoms with Gasteiger partial charge in [0.1, 0.15) is 0 Å². The van der Waals surface area contributed by atoms with Gasteiger partial charge in [0.2, 0.25) is 0 Å². The minimum Gasteiger partial charge on any atom is -0.396 e. The third-order valence-corrected chi connectivity index (χ3v) is 5.42. The zero-order valence-corrected chi connectivity index (χ0v) is 11.6. The molecular weight excluding hydrogens is 276 g/mol. The van der Waals surface area contributed by atoms with Crippen molar-refractivity contribution in [3.8, 4) is 0 Å². The zero-order chi connectivity index (χ0) is 11.9. The molecule has 0 amide bonds. The van der Waals surface area contributed by atoms with Gasteiger partial charge in [-0.05, 0) is 55.2 Å². The smallest absolute Gasteiger partial charge is 0.0493 e. The van der Waals surface area contributed by atoms with Crippen molar-refractivity contribution in [1.29, 1.82) is 0 Å². The van der Waals surface area contributed by atoms with Gasteiger partial charge in [-0.1, -0.05) is 34.5 Å². The summed E-state index contributed by atoms with van der Waals surface area (Å²) >= 11 is 3.47. The second-order valence-corrected chi connectivity index (χ2v) is 6.82. The Bertz CT molecular complexity index is 400. The van der Waals surface area contributed by atoms with Crippen molar-refractivity contribution in [3.63, 3.8) is 0 Å². The maximum atomic E-state index is 9.85. The number of hydrogen-bond donors (Lipinski definition) is 1. The highest BCUT2D eigenvalue weighted by Crippen LogP contribution is 2.57. The van der Waals surface area contributed by atoms with Crippen molar-refractivity contribution in [2.75, 3.05) is 6.61 Å². The first-order valence-electron chi connectivity index (χ1n) is 6.57. The van der Waals surface area contributed by atoms with E-state index in [4.69, 9.17) is 0 Å². The maximum Gasteiger partial charge on any atom is 0.0493 e. The SMILES string of the molecule is OCC1(Cc2ccc(Br)cc2)CC2CCC1C2. The summed E-state index contributed by atoms with van der Waals surface area (Å²) in [5.41, 5.74) is 1.56. The lowest BCUT2D eigenvalue weighted by molar-refractivity contribution is 0.0651. The van der Waals surface area contributed by atoms with E-state index in [1.807, 2.05) is 0 Å². The first-order chi connectivity index (χ1) is 8.22. The van der Waals surface area contributed by atoms with E-state index >= 15 is 0 Å². The molecule has 1 N–H and O–H groups in total. The lowest BCUT2D eigenvalue weighted by Gasteiger charge is -2.36. The quantitative estimate of drug-likeness (QED) is 0.899. The molecule has 0 aliphatic heterocycles. The topological polar surface area (TPSA) is 20.2 Å². The molecule has 0 radical (unpaired) electrons. The molecule has 2 fully saturated rings. The van der Waals surface area contributed by atoms with Crippen LogP contribution in [0.2, 0.25) is 0 Å². The molecule has 2 aliphatic carbocycles. The zero-order valence-electron chi connectivity index (χ0n) is 10.0. The molecule has 2 heteroatoms. The summed E-state index contributed by atoms with van der Waals surface area (Å²) < 4.78 is 1.13. The van der Waals surface area contributed by atoms with Crippen LogP contribution in [0.1, 0.15) is 31.2 Å². The molecule has 3 unspecified atom stereocenters. The van der Waals surface area contributed by atoms with Crippen LogP contribution in [-0.4, -0.2) is 11.7 Å². The van der Waals surface area contributed by atoms with E-state index in [-0.39, 0.29) is 5.41 Å². The fraction of sp³-hybridized carbons (Fsp3) is 0.600. The number of aliphatic hydroxyl groups is 1. The average Bonchev–Trinajstić information content (AvgIpc) is 2.93. The van der Waals surface area contributed by atoms with E-state index in [9.17, 15) is 5.11 Å². The highest BCUT2D eigenvalue weighted by atomic mass is 79.9. The molecule has 0 spiro atoms. The Balaban J connectivity index is 1.80. The lowest BCUT2D eigenvalue weighted by Crippen LogP contribution is -2.34. The summed E-state index contributed by atoms with van der Waals surface area (Å²) in [7, 11) is 0. The number of aliphatic hydroxyl groups excluding tert-OH is 1. The second kappa shape index (κ2) is 4.40. The summed E-state index contributed by atoms with van der Waals surface area (Å²) in [4.78, 5) is 0. The summed E-state index contributed by atoms with van der Waals surface area (Å²) in [5, 5.41) is 9.85. The van der Waals surface area contributed by atoms with E-state index in [2.05, 4.69) is 40.2 Å². The van der Waals surface area contributed by atoms with Crippen LogP contribution in [0.3, 0.4) is 0 Å². The van der Waals surface area contributed by atoms with Gasteiger partial charge < -0.3 is 5.11 Å². The number of halogens is 1. The first kappa shape index (κ1) is 11.7. The minimum atomic E-state index is 0.191. The standard InChI is InChI=1S/C15H19BrO/c16-14-5-2-11(3-6-14)8-15(10-17)9-12-1-4-13(15)7-12/h2-3,5-6,12-13,17H,1,4,7-10H2. The number of rotatable bonds is 3. The maximum absolute atomic E-state index is 9.85. The number of hydrogen-bond acceptors (Lipinski definition) is 1. The van der Waals surface area contributed by atoms with Crippen molar-refractivity contribution in [2.24, 2.45) is 17.3 Å². The van der Waals surface area contributed by atoms with Crippen molar-refractivity contribution in [3.05, 3.63) is 34.3 Å². The number of benzene rings is 1. The largest absolute Gasteiger partial charge is 0.396 e. The van der Waals surface area contributed by atoms with Crippen LogP contribution in [0.4, 0.5) is 0 Å². The van der Waals surface area contributed by atoms with Crippen LogP contribution in [0.5, 0.6) is 0 Å². The molecule has 0 heterocycles. The third kappa shape index (κ3) is 2.06. The van der Waals surface area contributed by atoms with Crippen LogP contribution >= 0.6 is 15.9 Å². The normalized spacial score (nSPS) is 35.4. The molecule has 1 aromatic carbocycles.